The molecule has 0 fully saturated rings. The summed E-state index contributed by atoms with van der Waals surface area (Å²) in [7, 11) is -7.77. The molecule has 2 N–H and O–H groups in total. The highest BCUT2D eigenvalue weighted by molar-refractivity contribution is 7.92. The Hall–Kier alpha value is -4.87. The molecule has 6 rings (SSSR count). The highest BCUT2D eigenvalue weighted by atomic mass is 32.2. The summed E-state index contributed by atoms with van der Waals surface area (Å²) in [5.41, 5.74) is 1.76. The van der Waals surface area contributed by atoms with Gasteiger partial charge in [0, 0.05) is 11.1 Å². The molecule has 1 amide bonds. The summed E-state index contributed by atoms with van der Waals surface area (Å²) in [4.78, 5) is 13.3. The van der Waals surface area contributed by atoms with Gasteiger partial charge in [-0.1, -0.05) is 78.9 Å². The number of carbonyl (C=O) groups is 1. The number of anilines is 3. The topological polar surface area (TPSA) is 122 Å². The van der Waals surface area contributed by atoms with Crippen molar-refractivity contribution in [2.75, 3.05) is 20.9 Å². The van der Waals surface area contributed by atoms with E-state index in [0.29, 0.717) is 22.6 Å². The molecular weight excluding hydrogens is 587 g/mol. The van der Waals surface area contributed by atoms with E-state index in [9.17, 15) is 21.6 Å². The highest BCUT2D eigenvalue weighted by Gasteiger charge is 2.36. The molecule has 1 unspecified atom stereocenters. The van der Waals surface area contributed by atoms with E-state index in [1.54, 1.807) is 60.7 Å². The molecule has 0 aliphatic carbocycles. The van der Waals surface area contributed by atoms with Crippen molar-refractivity contribution in [1.82, 2.24) is 0 Å². The Bertz CT molecular complexity index is 2010. The Kier molecular flexibility index (Phi) is 7.51. The van der Waals surface area contributed by atoms with Crippen molar-refractivity contribution in [2.24, 2.45) is 0 Å². The molecular formula is C32H27N3O6S2. The van der Waals surface area contributed by atoms with Gasteiger partial charge in [0.15, 0.2) is 6.10 Å². The van der Waals surface area contributed by atoms with Gasteiger partial charge in [0.25, 0.3) is 15.9 Å². The average molecular weight is 614 g/mol. The number of hydrogen-bond acceptors (Lipinski definition) is 6. The van der Waals surface area contributed by atoms with Crippen LogP contribution in [0.3, 0.4) is 0 Å². The van der Waals surface area contributed by atoms with Crippen LogP contribution in [0, 0.1) is 0 Å². The van der Waals surface area contributed by atoms with E-state index in [0.717, 1.165) is 10.8 Å². The molecule has 0 aromatic heterocycles. The van der Waals surface area contributed by atoms with Crippen LogP contribution in [0.15, 0.2) is 126 Å². The van der Waals surface area contributed by atoms with Crippen LogP contribution in [0.25, 0.3) is 10.8 Å². The lowest BCUT2D eigenvalue weighted by Gasteiger charge is -2.34. The zero-order chi connectivity index (χ0) is 30.0. The first-order chi connectivity index (χ1) is 20.7. The maximum absolute atomic E-state index is 13.5. The van der Waals surface area contributed by atoms with Gasteiger partial charge in [-0.2, -0.15) is 0 Å². The summed E-state index contributed by atoms with van der Waals surface area (Å²) in [6.07, 6.45) is -1.14. The van der Waals surface area contributed by atoms with Gasteiger partial charge in [-0.25, -0.2) is 16.8 Å². The number of fused-ring (bicyclic) bond motifs is 2. The van der Waals surface area contributed by atoms with Crippen LogP contribution in [0.5, 0.6) is 5.75 Å². The molecule has 0 saturated carbocycles. The zero-order valence-electron chi connectivity index (χ0n) is 22.8. The maximum Gasteiger partial charge on any atom is 0.267 e. The quantitative estimate of drug-likeness (QED) is 0.243. The molecule has 1 heterocycles. The van der Waals surface area contributed by atoms with E-state index in [1.807, 2.05) is 36.4 Å². The van der Waals surface area contributed by atoms with Gasteiger partial charge in [-0.15, -0.1) is 0 Å². The van der Waals surface area contributed by atoms with Crippen LogP contribution in [0.2, 0.25) is 0 Å². The van der Waals surface area contributed by atoms with Gasteiger partial charge in [-0.05, 0) is 53.4 Å². The van der Waals surface area contributed by atoms with Gasteiger partial charge >= 0.3 is 0 Å². The molecule has 0 saturated heterocycles. The lowest BCUT2D eigenvalue weighted by molar-refractivity contribution is -0.122. The third-order valence-electron chi connectivity index (χ3n) is 7.02. The lowest BCUT2D eigenvalue weighted by atomic mass is 10.1. The third-order valence-corrected chi connectivity index (χ3v) is 10.1. The van der Waals surface area contributed by atoms with Crippen molar-refractivity contribution in [1.29, 1.82) is 0 Å². The molecule has 43 heavy (non-hydrogen) atoms. The van der Waals surface area contributed by atoms with Crippen LogP contribution < -0.4 is 19.1 Å². The normalized spacial score (nSPS) is 14.9. The molecule has 0 radical (unpaired) electrons. The van der Waals surface area contributed by atoms with Crippen LogP contribution >= 0.6 is 0 Å². The second-order valence-corrected chi connectivity index (χ2v) is 13.6. The SMILES string of the molecule is O=C(Nc1ccc(S(=O)(=O)Nc2cccc3ccccc23)cc1)C1CN(S(=O)(=O)Cc2ccccc2)c2ccccc2O1. The number of benzene rings is 5. The molecule has 9 nitrogen and oxygen atoms in total. The number of ether oxygens (including phenoxy) is 1. The van der Waals surface area contributed by atoms with Crippen LogP contribution in [0.4, 0.5) is 17.1 Å². The van der Waals surface area contributed by atoms with Crippen molar-refractivity contribution in [3.8, 4) is 5.75 Å². The Morgan fingerprint density at radius 1 is 0.767 bits per heavy atom. The van der Waals surface area contributed by atoms with E-state index in [2.05, 4.69) is 10.0 Å². The van der Waals surface area contributed by atoms with E-state index >= 15 is 0 Å². The fourth-order valence-electron chi connectivity index (χ4n) is 4.92. The van der Waals surface area contributed by atoms with E-state index in [-0.39, 0.29) is 22.9 Å². The molecule has 1 atom stereocenters. The number of sulfonamides is 2. The van der Waals surface area contributed by atoms with Crippen LogP contribution in [-0.4, -0.2) is 35.4 Å². The summed E-state index contributed by atoms with van der Waals surface area (Å²) in [6.45, 7) is -0.223. The van der Waals surface area contributed by atoms with Crippen molar-refractivity contribution in [3.05, 3.63) is 127 Å². The van der Waals surface area contributed by atoms with Gasteiger partial charge in [0.05, 0.1) is 28.6 Å². The minimum absolute atomic E-state index is 0.0134. The van der Waals surface area contributed by atoms with E-state index < -0.39 is 32.1 Å². The molecule has 5 aromatic carbocycles. The molecule has 11 heteroatoms. The number of hydrogen-bond donors (Lipinski definition) is 2. The van der Waals surface area contributed by atoms with Gasteiger partial charge in [0.1, 0.15) is 5.75 Å². The van der Waals surface area contributed by atoms with E-state index in [1.165, 1.54) is 28.6 Å². The summed E-state index contributed by atoms with van der Waals surface area (Å²) < 4.78 is 62.9. The summed E-state index contributed by atoms with van der Waals surface area (Å²) in [5.74, 6) is -0.537. The van der Waals surface area contributed by atoms with Crippen LogP contribution in [0.1, 0.15) is 5.56 Å². The summed E-state index contributed by atoms with van der Waals surface area (Å²) in [5, 5.41) is 4.39. The van der Waals surface area contributed by atoms with Crippen molar-refractivity contribution >= 4 is 53.8 Å². The number of amides is 1. The minimum Gasteiger partial charge on any atom is -0.476 e. The number of carbonyl (C=O) groups excluding carboxylic acids is 1. The van der Waals surface area contributed by atoms with Crippen molar-refractivity contribution in [2.45, 2.75) is 16.8 Å². The Morgan fingerprint density at radius 3 is 2.23 bits per heavy atom. The largest absolute Gasteiger partial charge is 0.476 e. The maximum atomic E-state index is 13.5. The Balaban J connectivity index is 1.18. The molecule has 1 aliphatic rings. The van der Waals surface area contributed by atoms with Crippen LogP contribution in [-0.2, 0) is 30.6 Å². The Morgan fingerprint density at radius 2 is 1.44 bits per heavy atom. The molecule has 0 bridgehead atoms. The van der Waals surface area contributed by atoms with Crippen molar-refractivity contribution in [3.63, 3.8) is 0 Å². The summed E-state index contributed by atoms with van der Waals surface area (Å²) in [6, 6.07) is 34.0. The lowest BCUT2D eigenvalue weighted by Crippen LogP contribution is -2.49. The smallest absolute Gasteiger partial charge is 0.267 e. The first-order valence-electron chi connectivity index (χ1n) is 13.4. The average Bonchev–Trinajstić information content (AvgIpc) is 3.01. The number of para-hydroxylation sites is 2. The second kappa shape index (κ2) is 11.4. The molecule has 5 aromatic rings. The standard InChI is InChI=1S/C32H27N3O6S2/c36-32(31-21-35(29-15-6-7-16-30(29)41-31)42(37,38)22-23-9-2-1-3-10-23)33-25-17-19-26(20-18-25)43(39,40)34-28-14-8-12-24-11-4-5-13-27(24)28/h1-20,31,34H,21-22H2,(H,33,36). The number of nitrogens with zero attached hydrogens (tertiary/aromatic N) is 1. The van der Waals surface area contributed by atoms with Gasteiger partial charge in [0.2, 0.25) is 10.0 Å². The molecule has 0 spiro atoms. The second-order valence-electron chi connectivity index (χ2n) is 9.99. The first kappa shape index (κ1) is 28.3. The number of rotatable bonds is 8. The predicted octanol–water partition coefficient (Wildman–Crippen LogP) is 5.38. The minimum atomic E-state index is -3.91. The Labute approximate surface area is 249 Å². The number of nitrogens with one attached hydrogen (secondary N) is 2. The first-order valence-corrected chi connectivity index (χ1v) is 16.5. The summed E-state index contributed by atoms with van der Waals surface area (Å²) >= 11 is 0. The monoisotopic (exact) mass is 613 g/mol. The highest BCUT2D eigenvalue weighted by Crippen LogP contribution is 2.36. The fourth-order valence-corrected chi connectivity index (χ4v) is 7.59. The molecule has 1 aliphatic heterocycles. The predicted molar refractivity (Wildman–Crippen MR) is 167 cm³/mol. The molecule has 218 valence electrons. The van der Waals surface area contributed by atoms with Gasteiger partial charge < -0.3 is 10.1 Å². The zero-order valence-corrected chi connectivity index (χ0v) is 24.4. The van der Waals surface area contributed by atoms with E-state index in [4.69, 9.17) is 4.74 Å². The van der Waals surface area contributed by atoms with Crippen molar-refractivity contribution < 1.29 is 26.4 Å². The van der Waals surface area contributed by atoms with Gasteiger partial charge in [-0.3, -0.25) is 13.8 Å². The third kappa shape index (κ3) is 6.04. The fraction of sp³-hybridized carbons (Fsp3) is 0.0938.